The molecule has 0 N–H and O–H groups in total. The monoisotopic (exact) mass is 398 g/mol. The van der Waals surface area contributed by atoms with Crippen LogP contribution in [-0.2, 0) is 6.42 Å². The summed E-state index contributed by atoms with van der Waals surface area (Å²) in [5, 5.41) is 0. The third-order valence-electron chi connectivity index (χ3n) is 3.33. The zero-order chi connectivity index (χ0) is 14.5. The number of hydrogen-bond donors (Lipinski definition) is 0. The summed E-state index contributed by atoms with van der Waals surface area (Å²) in [7, 11) is 0. The van der Waals surface area contributed by atoms with Crippen LogP contribution in [0.3, 0.4) is 0 Å². The highest BCUT2D eigenvalue weighted by Crippen LogP contribution is 2.32. The molecule has 0 nitrogen and oxygen atoms in total. The fraction of sp³-hybridized carbons (Fsp3) is 0.294. The van der Waals surface area contributed by atoms with Gasteiger partial charge in [0.2, 0.25) is 0 Å². The van der Waals surface area contributed by atoms with Crippen LogP contribution in [-0.4, -0.2) is 0 Å². The number of alkyl halides is 1. The van der Waals surface area contributed by atoms with Gasteiger partial charge in [0, 0.05) is 0 Å². The molecule has 3 heteroatoms. The molecular weight excluding hydrogens is 383 g/mol. The molecule has 0 spiro atoms. The van der Waals surface area contributed by atoms with Crippen molar-refractivity contribution in [1.82, 2.24) is 0 Å². The summed E-state index contributed by atoms with van der Waals surface area (Å²) >= 11 is 6.83. The third kappa shape index (κ3) is 3.92. The van der Waals surface area contributed by atoms with Crippen molar-refractivity contribution in [1.29, 1.82) is 0 Å². The lowest BCUT2D eigenvalue weighted by atomic mass is 10.0. The second-order valence-electron chi connectivity index (χ2n) is 4.88. The van der Waals surface area contributed by atoms with Gasteiger partial charge in [-0.05, 0) is 57.6 Å². The first-order valence-electron chi connectivity index (χ1n) is 6.79. The Morgan fingerprint density at radius 3 is 2.30 bits per heavy atom. The minimum atomic E-state index is -0.230. The highest BCUT2D eigenvalue weighted by Gasteiger charge is 2.12. The molecule has 20 heavy (non-hydrogen) atoms. The van der Waals surface area contributed by atoms with Gasteiger partial charge in [0.15, 0.2) is 0 Å². The van der Waals surface area contributed by atoms with Crippen LogP contribution in [0.1, 0.15) is 41.3 Å². The van der Waals surface area contributed by atoms with Crippen LogP contribution in [0.2, 0.25) is 0 Å². The standard InChI is InChI=1S/C17H17Br2F/c1-2-3-4-12-5-7-13(8-6-12)17(19)14-9-10-15(18)16(20)11-14/h5-11,17H,2-4H2,1H3. The molecule has 2 aromatic rings. The number of halogens is 3. The van der Waals surface area contributed by atoms with Crippen LogP contribution in [0.15, 0.2) is 46.9 Å². The summed E-state index contributed by atoms with van der Waals surface area (Å²) in [5.41, 5.74) is 3.43. The third-order valence-corrected chi connectivity index (χ3v) is 5.03. The quantitative estimate of drug-likeness (QED) is 0.509. The number of rotatable bonds is 5. The molecule has 0 bridgehead atoms. The molecule has 2 rings (SSSR count). The lowest BCUT2D eigenvalue weighted by Crippen LogP contribution is -1.95. The summed E-state index contributed by atoms with van der Waals surface area (Å²) in [4.78, 5) is 0.0188. The number of benzene rings is 2. The average molecular weight is 400 g/mol. The van der Waals surface area contributed by atoms with Crippen molar-refractivity contribution in [3.8, 4) is 0 Å². The fourth-order valence-corrected chi connectivity index (χ4v) is 2.93. The predicted molar refractivity (Wildman–Crippen MR) is 89.9 cm³/mol. The summed E-state index contributed by atoms with van der Waals surface area (Å²) < 4.78 is 14.1. The van der Waals surface area contributed by atoms with E-state index in [1.165, 1.54) is 18.4 Å². The molecule has 0 amide bonds. The summed E-state index contributed by atoms with van der Waals surface area (Å²) in [6.07, 6.45) is 3.55. The van der Waals surface area contributed by atoms with Crippen LogP contribution in [0, 0.1) is 5.82 Å². The van der Waals surface area contributed by atoms with Crippen molar-refractivity contribution in [2.45, 2.75) is 31.0 Å². The number of aryl methyl sites for hydroxylation is 1. The normalized spacial score (nSPS) is 12.4. The van der Waals surface area contributed by atoms with Crippen LogP contribution in [0.4, 0.5) is 4.39 Å². The molecule has 2 aromatic carbocycles. The van der Waals surface area contributed by atoms with Gasteiger partial charge in [0.25, 0.3) is 0 Å². The molecule has 0 radical (unpaired) electrons. The Kier molecular flexibility index (Phi) is 5.79. The Hall–Kier alpha value is -0.670. The lowest BCUT2D eigenvalue weighted by Gasteiger charge is -2.12. The van der Waals surface area contributed by atoms with Gasteiger partial charge in [0.1, 0.15) is 5.82 Å². The van der Waals surface area contributed by atoms with Crippen LogP contribution >= 0.6 is 31.9 Å². The Labute approximate surface area is 136 Å². The molecule has 0 fully saturated rings. The average Bonchev–Trinajstić information content (AvgIpc) is 2.48. The summed E-state index contributed by atoms with van der Waals surface area (Å²) in [6.45, 7) is 2.20. The van der Waals surface area contributed by atoms with E-state index in [9.17, 15) is 4.39 Å². The van der Waals surface area contributed by atoms with Crippen molar-refractivity contribution in [3.05, 3.63) is 69.4 Å². The summed E-state index contributed by atoms with van der Waals surface area (Å²) in [5.74, 6) is -0.230. The topological polar surface area (TPSA) is 0 Å². The molecule has 1 unspecified atom stereocenters. The van der Waals surface area contributed by atoms with E-state index in [1.54, 1.807) is 12.1 Å². The van der Waals surface area contributed by atoms with Gasteiger partial charge in [-0.25, -0.2) is 4.39 Å². The SMILES string of the molecule is CCCCc1ccc(C(Br)c2ccc(Br)c(F)c2)cc1. The maximum atomic E-state index is 13.6. The van der Waals surface area contributed by atoms with E-state index >= 15 is 0 Å². The van der Waals surface area contributed by atoms with Crippen LogP contribution in [0.25, 0.3) is 0 Å². The van der Waals surface area contributed by atoms with E-state index in [1.807, 2.05) is 6.07 Å². The molecule has 0 aliphatic heterocycles. The van der Waals surface area contributed by atoms with Gasteiger partial charge in [-0.1, -0.05) is 59.6 Å². The summed E-state index contributed by atoms with van der Waals surface area (Å²) in [6, 6.07) is 13.8. The van der Waals surface area contributed by atoms with E-state index in [0.717, 1.165) is 17.5 Å². The van der Waals surface area contributed by atoms with Gasteiger partial charge < -0.3 is 0 Å². The highest BCUT2D eigenvalue weighted by atomic mass is 79.9. The zero-order valence-electron chi connectivity index (χ0n) is 11.4. The molecule has 0 saturated carbocycles. The van der Waals surface area contributed by atoms with E-state index in [4.69, 9.17) is 0 Å². The molecule has 106 valence electrons. The van der Waals surface area contributed by atoms with Gasteiger partial charge in [-0.2, -0.15) is 0 Å². The first-order chi connectivity index (χ1) is 9.61. The van der Waals surface area contributed by atoms with Crippen molar-refractivity contribution in [3.63, 3.8) is 0 Å². The second-order valence-corrected chi connectivity index (χ2v) is 6.65. The van der Waals surface area contributed by atoms with Gasteiger partial charge >= 0.3 is 0 Å². The van der Waals surface area contributed by atoms with E-state index in [0.29, 0.717) is 4.47 Å². The molecule has 0 saturated heterocycles. The first-order valence-corrected chi connectivity index (χ1v) is 8.50. The van der Waals surface area contributed by atoms with Crippen molar-refractivity contribution >= 4 is 31.9 Å². The smallest absolute Gasteiger partial charge is 0.137 e. The Morgan fingerprint density at radius 2 is 1.70 bits per heavy atom. The largest absolute Gasteiger partial charge is 0.206 e. The van der Waals surface area contributed by atoms with E-state index < -0.39 is 0 Å². The Bertz CT molecular complexity index is 564. The molecule has 0 aliphatic rings. The molecule has 0 aromatic heterocycles. The molecular formula is C17H17Br2F. The minimum Gasteiger partial charge on any atom is -0.206 e. The van der Waals surface area contributed by atoms with Crippen LogP contribution in [0.5, 0.6) is 0 Å². The maximum absolute atomic E-state index is 13.6. The lowest BCUT2D eigenvalue weighted by molar-refractivity contribution is 0.619. The van der Waals surface area contributed by atoms with E-state index in [-0.39, 0.29) is 10.6 Å². The Balaban J connectivity index is 2.15. The first kappa shape index (κ1) is 15.7. The second kappa shape index (κ2) is 7.37. The van der Waals surface area contributed by atoms with Gasteiger partial charge in [-0.3, -0.25) is 0 Å². The zero-order valence-corrected chi connectivity index (χ0v) is 14.5. The van der Waals surface area contributed by atoms with E-state index in [2.05, 4.69) is 63.0 Å². The minimum absolute atomic E-state index is 0.0188. The molecule has 0 heterocycles. The molecule has 1 atom stereocenters. The Morgan fingerprint density at radius 1 is 1.05 bits per heavy atom. The van der Waals surface area contributed by atoms with Crippen molar-refractivity contribution in [2.24, 2.45) is 0 Å². The number of unbranched alkanes of at least 4 members (excludes halogenated alkanes) is 1. The number of hydrogen-bond acceptors (Lipinski definition) is 0. The van der Waals surface area contributed by atoms with Gasteiger partial charge in [0.05, 0.1) is 9.30 Å². The highest BCUT2D eigenvalue weighted by molar-refractivity contribution is 9.10. The maximum Gasteiger partial charge on any atom is 0.137 e. The molecule has 0 aliphatic carbocycles. The van der Waals surface area contributed by atoms with Crippen molar-refractivity contribution < 1.29 is 4.39 Å². The fourth-order valence-electron chi connectivity index (χ4n) is 2.10. The van der Waals surface area contributed by atoms with Crippen LogP contribution < -0.4 is 0 Å². The van der Waals surface area contributed by atoms with Crippen molar-refractivity contribution in [2.75, 3.05) is 0 Å². The van der Waals surface area contributed by atoms with Gasteiger partial charge in [-0.15, -0.1) is 0 Å². The predicted octanol–water partition coefficient (Wildman–Crippen LogP) is 6.42.